The Hall–Kier alpha value is -1.33. The second-order valence-corrected chi connectivity index (χ2v) is 6.27. The maximum atomic E-state index is 11.7. The second-order valence-electron chi connectivity index (χ2n) is 4.44. The van der Waals surface area contributed by atoms with Gasteiger partial charge in [-0.25, -0.2) is 0 Å². The zero-order valence-corrected chi connectivity index (χ0v) is 14.8. The summed E-state index contributed by atoms with van der Waals surface area (Å²) in [7, 11) is 1.62. The summed E-state index contributed by atoms with van der Waals surface area (Å²) in [5.41, 5.74) is 1.46. The average Bonchev–Trinajstić information content (AvgIpc) is 2.46. The first kappa shape index (κ1) is 16.0. The first-order valence-corrected chi connectivity index (χ1v) is 7.85. The van der Waals surface area contributed by atoms with Gasteiger partial charge in [-0.3, -0.25) is 4.79 Å². The van der Waals surface area contributed by atoms with Crippen LogP contribution in [0.2, 0.25) is 0 Å². The Kier molecular flexibility index (Phi) is 5.42. The van der Waals surface area contributed by atoms with E-state index in [0.717, 1.165) is 20.3 Å². The van der Waals surface area contributed by atoms with Crippen molar-refractivity contribution in [3.8, 4) is 11.5 Å². The highest BCUT2D eigenvalue weighted by atomic mass is 79.9. The van der Waals surface area contributed by atoms with Crippen LogP contribution in [0.5, 0.6) is 11.5 Å². The summed E-state index contributed by atoms with van der Waals surface area (Å²) in [6.07, 6.45) is 0. The van der Waals surface area contributed by atoms with Gasteiger partial charge in [-0.15, -0.1) is 0 Å². The molecule has 0 fully saturated rings. The quantitative estimate of drug-likeness (QED) is 0.647. The molecule has 0 saturated heterocycles. The fourth-order valence-electron chi connectivity index (χ4n) is 1.92. The topological polar surface area (TPSA) is 35.5 Å². The molecule has 0 aliphatic rings. The number of rotatable bonds is 5. The van der Waals surface area contributed by atoms with Crippen LogP contribution >= 0.6 is 31.9 Å². The van der Waals surface area contributed by atoms with Crippen molar-refractivity contribution in [1.82, 2.24) is 0 Å². The molecule has 3 nitrogen and oxygen atoms in total. The Morgan fingerprint density at radius 1 is 1.05 bits per heavy atom. The summed E-state index contributed by atoms with van der Waals surface area (Å²) in [5, 5.41) is 0. The van der Waals surface area contributed by atoms with E-state index in [1.807, 2.05) is 24.3 Å². The molecule has 0 aliphatic carbocycles. The molecule has 0 radical (unpaired) electrons. The molecular weight excluding hydrogens is 400 g/mol. The Balaban J connectivity index is 2.24. The molecule has 0 unspecified atom stereocenters. The Bertz CT molecular complexity index is 669. The van der Waals surface area contributed by atoms with Crippen molar-refractivity contribution in [1.29, 1.82) is 0 Å². The molecule has 0 spiro atoms. The standard InChI is InChI=1S/C16H14Br2O3/c1-10(19)14-8-13(18)4-6-16(14)21-9-11-7-12(17)3-5-15(11)20-2/h3-8H,9H2,1-2H3. The van der Waals surface area contributed by atoms with Crippen LogP contribution in [0.25, 0.3) is 0 Å². The van der Waals surface area contributed by atoms with Gasteiger partial charge in [-0.1, -0.05) is 31.9 Å². The average molecular weight is 414 g/mol. The lowest BCUT2D eigenvalue weighted by molar-refractivity contribution is 0.101. The fourth-order valence-corrected chi connectivity index (χ4v) is 2.69. The van der Waals surface area contributed by atoms with E-state index in [2.05, 4.69) is 31.9 Å². The van der Waals surface area contributed by atoms with Crippen LogP contribution in [-0.4, -0.2) is 12.9 Å². The van der Waals surface area contributed by atoms with Gasteiger partial charge in [-0.05, 0) is 43.3 Å². The molecule has 0 aromatic heterocycles. The van der Waals surface area contributed by atoms with E-state index in [1.54, 1.807) is 19.2 Å². The first-order valence-electron chi connectivity index (χ1n) is 6.27. The van der Waals surface area contributed by atoms with Crippen molar-refractivity contribution < 1.29 is 14.3 Å². The molecule has 110 valence electrons. The molecule has 0 bridgehead atoms. The van der Waals surface area contributed by atoms with Crippen molar-refractivity contribution in [2.45, 2.75) is 13.5 Å². The molecular formula is C16H14Br2O3. The maximum Gasteiger partial charge on any atom is 0.163 e. The molecule has 0 aliphatic heterocycles. The lowest BCUT2D eigenvalue weighted by Gasteiger charge is -2.13. The Morgan fingerprint density at radius 3 is 2.29 bits per heavy atom. The van der Waals surface area contributed by atoms with Crippen LogP contribution in [0.1, 0.15) is 22.8 Å². The Labute approximate surface area is 140 Å². The smallest absolute Gasteiger partial charge is 0.163 e. The van der Waals surface area contributed by atoms with E-state index in [-0.39, 0.29) is 5.78 Å². The van der Waals surface area contributed by atoms with Gasteiger partial charge in [0.1, 0.15) is 18.1 Å². The van der Waals surface area contributed by atoms with Gasteiger partial charge in [0, 0.05) is 14.5 Å². The van der Waals surface area contributed by atoms with Gasteiger partial charge < -0.3 is 9.47 Å². The molecule has 2 rings (SSSR count). The number of ether oxygens (including phenoxy) is 2. The lowest BCUT2D eigenvalue weighted by atomic mass is 10.1. The van der Waals surface area contributed by atoms with Crippen LogP contribution in [0.3, 0.4) is 0 Å². The first-order chi connectivity index (χ1) is 10.0. The number of carbonyl (C=O) groups is 1. The zero-order chi connectivity index (χ0) is 15.4. The minimum atomic E-state index is -0.0347. The third-order valence-corrected chi connectivity index (χ3v) is 3.93. The highest BCUT2D eigenvalue weighted by molar-refractivity contribution is 9.10. The summed E-state index contributed by atoms with van der Waals surface area (Å²) < 4.78 is 12.9. The number of halogens is 2. The Morgan fingerprint density at radius 2 is 1.67 bits per heavy atom. The summed E-state index contributed by atoms with van der Waals surface area (Å²) in [4.78, 5) is 11.7. The van der Waals surface area contributed by atoms with Crippen LogP contribution in [0, 0.1) is 0 Å². The van der Waals surface area contributed by atoms with Crippen molar-refractivity contribution in [3.05, 3.63) is 56.5 Å². The van der Waals surface area contributed by atoms with Crippen molar-refractivity contribution in [2.75, 3.05) is 7.11 Å². The second kappa shape index (κ2) is 7.09. The largest absolute Gasteiger partial charge is 0.496 e. The number of Topliss-reactive ketones (excluding diaryl/α,β-unsaturated/α-hetero) is 1. The lowest BCUT2D eigenvalue weighted by Crippen LogP contribution is -2.03. The van der Waals surface area contributed by atoms with E-state index in [4.69, 9.17) is 9.47 Å². The summed E-state index contributed by atoms with van der Waals surface area (Å²) in [5.74, 6) is 1.28. The zero-order valence-electron chi connectivity index (χ0n) is 11.7. The highest BCUT2D eigenvalue weighted by Crippen LogP contribution is 2.27. The monoisotopic (exact) mass is 412 g/mol. The molecule has 0 N–H and O–H groups in total. The van der Waals surface area contributed by atoms with Crippen LogP contribution in [0.15, 0.2) is 45.3 Å². The van der Waals surface area contributed by atoms with E-state index in [0.29, 0.717) is 17.9 Å². The van der Waals surface area contributed by atoms with Crippen molar-refractivity contribution in [3.63, 3.8) is 0 Å². The third kappa shape index (κ3) is 4.08. The molecule has 2 aromatic rings. The number of hydrogen-bond donors (Lipinski definition) is 0. The number of methoxy groups -OCH3 is 1. The minimum absolute atomic E-state index is 0.0347. The normalized spacial score (nSPS) is 10.3. The van der Waals surface area contributed by atoms with Crippen molar-refractivity contribution in [2.24, 2.45) is 0 Å². The number of hydrogen-bond acceptors (Lipinski definition) is 3. The maximum absolute atomic E-state index is 11.7. The SMILES string of the molecule is COc1ccc(Br)cc1COc1ccc(Br)cc1C(C)=O. The van der Waals surface area contributed by atoms with Gasteiger partial charge in [-0.2, -0.15) is 0 Å². The van der Waals surface area contributed by atoms with E-state index in [1.165, 1.54) is 6.92 Å². The van der Waals surface area contributed by atoms with Gasteiger partial charge in [0.25, 0.3) is 0 Å². The number of ketones is 1. The molecule has 0 saturated carbocycles. The van der Waals surface area contributed by atoms with Gasteiger partial charge in [0.05, 0.1) is 12.7 Å². The molecule has 5 heteroatoms. The van der Waals surface area contributed by atoms with Crippen LogP contribution in [0.4, 0.5) is 0 Å². The molecule has 2 aromatic carbocycles. The van der Waals surface area contributed by atoms with Gasteiger partial charge >= 0.3 is 0 Å². The number of benzene rings is 2. The fraction of sp³-hybridized carbons (Fsp3) is 0.188. The van der Waals surface area contributed by atoms with E-state index < -0.39 is 0 Å². The highest BCUT2D eigenvalue weighted by Gasteiger charge is 2.11. The van der Waals surface area contributed by atoms with E-state index >= 15 is 0 Å². The molecule has 0 heterocycles. The van der Waals surface area contributed by atoms with Crippen molar-refractivity contribution >= 4 is 37.6 Å². The van der Waals surface area contributed by atoms with Crippen LogP contribution in [-0.2, 0) is 6.61 Å². The summed E-state index contributed by atoms with van der Waals surface area (Å²) in [6.45, 7) is 1.85. The van der Waals surface area contributed by atoms with Gasteiger partial charge in [0.15, 0.2) is 5.78 Å². The minimum Gasteiger partial charge on any atom is -0.496 e. The van der Waals surface area contributed by atoms with Gasteiger partial charge in [0.2, 0.25) is 0 Å². The summed E-state index contributed by atoms with van der Waals surface area (Å²) in [6, 6.07) is 11.1. The third-order valence-electron chi connectivity index (χ3n) is 2.95. The predicted molar refractivity (Wildman–Crippen MR) is 89.2 cm³/mol. The molecule has 0 amide bonds. The van der Waals surface area contributed by atoms with Crippen LogP contribution < -0.4 is 9.47 Å². The summed E-state index contributed by atoms with van der Waals surface area (Å²) >= 11 is 6.79. The predicted octanol–water partition coefficient (Wildman–Crippen LogP) is 5.00. The van der Waals surface area contributed by atoms with E-state index in [9.17, 15) is 4.79 Å². The number of carbonyl (C=O) groups excluding carboxylic acids is 1. The molecule has 21 heavy (non-hydrogen) atoms. The molecule has 0 atom stereocenters.